The van der Waals surface area contributed by atoms with Crippen LogP contribution < -0.4 is 5.82 Å². The minimum atomic E-state index is -1.31. The number of carboxylic acids is 1. The number of aryl methyl sites for hydroxylation is 3. The molecule has 4 rings (SSSR count). The van der Waals surface area contributed by atoms with Gasteiger partial charge >= 0.3 is 11.8 Å². The van der Waals surface area contributed by atoms with Gasteiger partial charge in [0, 0.05) is 17.8 Å². The first kappa shape index (κ1) is 30.5. The lowest BCUT2D eigenvalue weighted by molar-refractivity contribution is -0.318. The Bertz CT molecular complexity index is 1540. The van der Waals surface area contributed by atoms with Crippen molar-refractivity contribution in [1.29, 1.82) is 0 Å². The number of halogens is 1. The molecule has 1 aliphatic heterocycles. The van der Waals surface area contributed by atoms with Gasteiger partial charge in [0.15, 0.2) is 17.3 Å². The van der Waals surface area contributed by atoms with Crippen LogP contribution in [0.3, 0.4) is 0 Å². The Labute approximate surface area is 240 Å². The number of carboxylic acid groups (broad SMARTS) is 1. The van der Waals surface area contributed by atoms with Gasteiger partial charge in [-0.25, -0.2) is 9.18 Å². The lowest BCUT2D eigenvalue weighted by Crippen LogP contribution is -2.55. The standard InChI is InChI=1S/C33H39FO7/c1-19-13-20(2)24(25(14-19)22-9-10-26(34)21(3)15-22)11-12-33(17-28(35)36)23(18-38-32(7,8)41-33)16-27-29(31(4,5)6)40-30(37)39-27/h9-15,23H,16-18H2,1-8H3,(H,35,36)/t23?,33-/m0/s1. The smallest absolute Gasteiger partial charge is 0.481 e. The summed E-state index contributed by atoms with van der Waals surface area (Å²) in [6, 6.07) is 9.08. The fourth-order valence-corrected chi connectivity index (χ4v) is 5.60. The maximum Gasteiger partial charge on any atom is 0.519 e. The zero-order valence-corrected chi connectivity index (χ0v) is 25.0. The molecule has 0 saturated carbocycles. The molecule has 220 valence electrons. The molecule has 41 heavy (non-hydrogen) atoms. The van der Waals surface area contributed by atoms with Crippen molar-refractivity contribution in [3.05, 3.63) is 86.6 Å². The van der Waals surface area contributed by atoms with Crippen molar-refractivity contribution in [2.75, 3.05) is 6.61 Å². The van der Waals surface area contributed by atoms with Crippen molar-refractivity contribution in [3.63, 3.8) is 0 Å². The molecule has 0 bridgehead atoms. The van der Waals surface area contributed by atoms with Crippen molar-refractivity contribution < 1.29 is 32.6 Å². The van der Waals surface area contributed by atoms with Gasteiger partial charge in [-0.3, -0.25) is 4.79 Å². The number of hydrogen-bond donors (Lipinski definition) is 1. The Balaban J connectivity index is 1.86. The maximum absolute atomic E-state index is 14.1. The molecule has 1 saturated heterocycles. The molecular formula is C33H39FO7. The summed E-state index contributed by atoms with van der Waals surface area (Å²) in [6.45, 7) is 15.1. The number of rotatable bonds is 7. The molecule has 0 amide bonds. The van der Waals surface area contributed by atoms with Gasteiger partial charge in [0.2, 0.25) is 0 Å². The highest BCUT2D eigenvalue weighted by Gasteiger charge is 2.49. The first-order valence-electron chi connectivity index (χ1n) is 13.8. The van der Waals surface area contributed by atoms with Crippen molar-refractivity contribution >= 4 is 12.0 Å². The third kappa shape index (κ3) is 6.71. The predicted molar refractivity (Wildman–Crippen MR) is 154 cm³/mol. The van der Waals surface area contributed by atoms with Gasteiger partial charge in [0.05, 0.1) is 13.0 Å². The highest BCUT2D eigenvalue weighted by atomic mass is 19.1. The normalized spacial score (nSPS) is 21.0. The van der Waals surface area contributed by atoms with Crippen molar-refractivity contribution in [3.8, 4) is 11.1 Å². The van der Waals surface area contributed by atoms with E-state index < -0.39 is 34.5 Å². The molecule has 0 radical (unpaired) electrons. The molecule has 0 aliphatic carbocycles. The van der Waals surface area contributed by atoms with Crippen LogP contribution in [0.25, 0.3) is 17.2 Å². The number of carbonyl (C=O) groups is 1. The summed E-state index contributed by atoms with van der Waals surface area (Å²) in [4.78, 5) is 24.4. The van der Waals surface area contributed by atoms with Crippen LogP contribution in [-0.4, -0.2) is 29.1 Å². The number of hydrogen-bond acceptors (Lipinski definition) is 6. The molecule has 1 N–H and O–H groups in total. The Kier molecular flexibility index (Phi) is 8.22. The Morgan fingerprint density at radius 3 is 2.44 bits per heavy atom. The van der Waals surface area contributed by atoms with Gasteiger partial charge in [0.25, 0.3) is 0 Å². The summed E-state index contributed by atoms with van der Waals surface area (Å²) in [5.41, 5.74) is 3.34. The Morgan fingerprint density at radius 2 is 1.80 bits per heavy atom. The van der Waals surface area contributed by atoms with E-state index in [4.69, 9.17) is 18.3 Å². The van der Waals surface area contributed by atoms with E-state index in [9.17, 15) is 19.1 Å². The van der Waals surface area contributed by atoms with Crippen LogP contribution in [0.2, 0.25) is 0 Å². The first-order chi connectivity index (χ1) is 19.0. The molecule has 2 atom stereocenters. The number of ether oxygens (including phenoxy) is 2. The number of aliphatic carboxylic acids is 1. The van der Waals surface area contributed by atoms with Crippen molar-refractivity contribution in [1.82, 2.24) is 0 Å². The van der Waals surface area contributed by atoms with E-state index in [1.165, 1.54) is 6.07 Å². The highest BCUT2D eigenvalue weighted by molar-refractivity contribution is 5.79. The molecule has 1 fully saturated rings. The first-order valence-corrected chi connectivity index (χ1v) is 13.8. The van der Waals surface area contributed by atoms with E-state index in [1.807, 2.05) is 52.8 Å². The van der Waals surface area contributed by atoms with E-state index >= 15 is 0 Å². The molecule has 2 heterocycles. The summed E-state index contributed by atoms with van der Waals surface area (Å²) < 4.78 is 37.4. The van der Waals surface area contributed by atoms with Crippen LogP contribution >= 0.6 is 0 Å². The lowest BCUT2D eigenvalue weighted by Gasteiger charge is -2.48. The molecule has 1 unspecified atom stereocenters. The summed E-state index contributed by atoms with van der Waals surface area (Å²) in [5, 5.41) is 10.1. The molecule has 0 spiro atoms. The monoisotopic (exact) mass is 566 g/mol. The Hall–Kier alpha value is -3.49. The lowest BCUT2D eigenvalue weighted by atomic mass is 9.78. The van der Waals surface area contributed by atoms with Crippen LogP contribution in [0.4, 0.5) is 4.39 Å². The third-order valence-electron chi connectivity index (χ3n) is 7.48. The zero-order valence-electron chi connectivity index (χ0n) is 25.0. The highest BCUT2D eigenvalue weighted by Crippen LogP contribution is 2.42. The van der Waals surface area contributed by atoms with Crippen LogP contribution in [0, 0.1) is 32.5 Å². The molecule has 7 nitrogen and oxygen atoms in total. The van der Waals surface area contributed by atoms with Gasteiger partial charge in [-0.1, -0.05) is 56.7 Å². The van der Waals surface area contributed by atoms with Crippen LogP contribution in [-0.2, 0) is 26.1 Å². The molecule has 8 heteroatoms. The minimum absolute atomic E-state index is 0.167. The van der Waals surface area contributed by atoms with E-state index in [-0.39, 0.29) is 25.3 Å². The van der Waals surface area contributed by atoms with Gasteiger partial charge in [-0.05, 0) is 74.6 Å². The molecule has 2 aromatic carbocycles. The largest absolute Gasteiger partial charge is 0.519 e. The van der Waals surface area contributed by atoms with Crippen LogP contribution in [0.1, 0.15) is 74.8 Å². The quantitative estimate of drug-likeness (QED) is 0.325. The second-order valence-electron chi connectivity index (χ2n) is 12.5. The summed E-state index contributed by atoms with van der Waals surface area (Å²) in [7, 11) is 0. The molecule has 3 aromatic rings. The summed E-state index contributed by atoms with van der Waals surface area (Å²) in [6.07, 6.45) is 3.51. The second kappa shape index (κ2) is 11.1. The van der Waals surface area contributed by atoms with E-state index in [0.717, 1.165) is 27.8 Å². The Morgan fingerprint density at radius 1 is 1.10 bits per heavy atom. The molecular weight excluding hydrogens is 527 g/mol. The van der Waals surface area contributed by atoms with E-state index in [2.05, 4.69) is 0 Å². The molecule has 1 aromatic heterocycles. The van der Waals surface area contributed by atoms with Crippen LogP contribution in [0.5, 0.6) is 0 Å². The SMILES string of the molecule is Cc1cc(C)c(C=C[C@@]2(CC(=O)O)OC(C)(C)OCC2Cc2oc(=O)oc2C(C)(C)C)c(-c2ccc(F)c(C)c2)c1. The predicted octanol–water partition coefficient (Wildman–Crippen LogP) is 7.13. The topological polar surface area (TPSA) is 99.1 Å². The maximum atomic E-state index is 14.1. The summed E-state index contributed by atoms with van der Waals surface area (Å²) in [5.74, 6) is -2.97. The summed E-state index contributed by atoms with van der Waals surface area (Å²) >= 11 is 0. The van der Waals surface area contributed by atoms with Gasteiger partial charge in [-0.15, -0.1) is 0 Å². The van der Waals surface area contributed by atoms with Gasteiger partial charge < -0.3 is 23.4 Å². The van der Waals surface area contributed by atoms with E-state index in [1.54, 1.807) is 39.0 Å². The van der Waals surface area contributed by atoms with Crippen LogP contribution in [0.15, 0.2) is 50.0 Å². The zero-order chi connectivity index (χ0) is 30.3. The van der Waals surface area contributed by atoms with Gasteiger partial charge in [0.1, 0.15) is 11.4 Å². The average molecular weight is 567 g/mol. The van der Waals surface area contributed by atoms with E-state index in [0.29, 0.717) is 17.1 Å². The van der Waals surface area contributed by atoms with Gasteiger partial charge in [-0.2, -0.15) is 0 Å². The fraction of sp³-hybridized carbons (Fsp3) is 0.455. The van der Waals surface area contributed by atoms with Crippen molar-refractivity contribution in [2.24, 2.45) is 5.92 Å². The van der Waals surface area contributed by atoms with Crippen molar-refractivity contribution in [2.45, 2.75) is 85.0 Å². The molecule has 1 aliphatic rings. The minimum Gasteiger partial charge on any atom is -0.481 e. The second-order valence-corrected chi connectivity index (χ2v) is 12.5. The third-order valence-corrected chi connectivity index (χ3v) is 7.48. The number of benzene rings is 2. The average Bonchev–Trinajstić information content (AvgIpc) is 3.21. The fourth-order valence-electron chi connectivity index (χ4n) is 5.60.